The first-order valence-electron chi connectivity index (χ1n) is 12.1. The zero-order chi connectivity index (χ0) is 24.9. The van der Waals surface area contributed by atoms with Crippen molar-refractivity contribution < 1.29 is 24.1 Å². The Morgan fingerprint density at radius 3 is 2.50 bits per heavy atom. The molecule has 1 N–H and O–H groups in total. The Hall–Kier alpha value is -2.80. The van der Waals surface area contributed by atoms with Crippen LogP contribution < -0.4 is 14.9 Å². The second kappa shape index (κ2) is 11.1. The van der Waals surface area contributed by atoms with E-state index in [1.807, 2.05) is 16.7 Å². The molecule has 34 heavy (non-hydrogen) atoms. The number of hydrogen-bond acceptors (Lipinski definition) is 6. The highest BCUT2D eigenvalue weighted by Gasteiger charge is 2.34. The molecule has 0 saturated carbocycles. The topological polar surface area (TPSA) is 87.0 Å². The van der Waals surface area contributed by atoms with E-state index in [4.69, 9.17) is 19.3 Å². The summed E-state index contributed by atoms with van der Waals surface area (Å²) in [5.74, 6) is 0.702. The molecule has 186 valence electrons. The minimum absolute atomic E-state index is 0.0310. The molecule has 0 amide bonds. The zero-order valence-electron chi connectivity index (χ0n) is 21.0. The van der Waals surface area contributed by atoms with Crippen molar-refractivity contribution in [2.45, 2.75) is 65.8 Å². The molecule has 1 unspecified atom stereocenters. The van der Waals surface area contributed by atoms with E-state index in [0.29, 0.717) is 18.1 Å². The summed E-state index contributed by atoms with van der Waals surface area (Å²) in [7, 11) is 1.60. The number of esters is 1. The molecule has 1 aliphatic rings. The molecule has 0 saturated heterocycles. The van der Waals surface area contributed by atoms with Crippen LogP contribution in [0.2, 0.25) is 0 Å². The van der Waals surface area contributed by atoms with Crippen LogP contribution in [0.15, 0.2) is 29.2 Å². The number of hydrogen-bond donors (Lipinski definition) is 1. The van der Waals surface area contributed by atoms with Crippen LogP contribution in [0.4, 0.5) is 0 Å². The monoisotopic (exact) mass is 471 g/mol. The number of aliphatic hydroxyl groups is 1. The fourth-order valence-corrected chi connectivity index (χ4v) is 4.45. The summed E-state index contributed by atoms with van der Waals surface area (Å²) in [5, 5.41) is 8.92. The highest BCUT2D eigenvalue weighted by molar-refractivity contribution is 5.89. The van der Waals surface area contributed by atoms with Crippen molar-refractivity contribution in [3.8, 4) is 22.8 Å². The number of nitrogens with zero attached hydrogens (tertiary/aromatic N) is 1. The first-order valence-corrected chi connectivity index (χ1v) is 12.1. The number of carbonyl (C=O) groups is 1. The number of rotatable bonds is 10. The molecule has 1 aliphatic heterocycles. The van der Waals surface area contributed by atoms with E-state index in [0.717, 1.165) is 48.9 Å². The van der Waals surface area contributed by atoms with Crippen molar-refractivity contribution >= 4 is 5.97 Å². The number of fused-ring (bicyclic) bond motifs is 3. The molecule has 3 rings (SSSR count). The summed E-state index contributed by atoms with van der Waals surface area (Å²) in [6.07, 6.45) is 6.07. The summed E-state index contributed by atoms with van der Waals surface area (Å²) in [4.78, 5) is 25.3. The number of methoxy groups -OCH3 is 1. The number of benzene rings is 1. The SMILES string of the molecule is CCOC(=O)c1cn2c(cc1=O)-c1cc(OC)c(OCCCCCCO)cc1CC2C(C)(C)C. The van der Waals surface area contributed by atoms with Crippen molar-refractivity contribution in [3.63, 3.8) is 0 Å². The van der Waals surface area contributed by atoms with E-state index in [1.54, 1.807) is 20.2 Å². The molecule has 0 spiro atoms. The van der Waals surface area contributed by atoms with Gasteiger partial charge in [0.05, 0.1) is 26.0 Å². The highest BCUT2D eigenvalue weighted by Crippen LogP contribution is 2.45. The predicted molar refractivity (Wildman–Crippen MR) is 132 cm³/mol. The van der Waals surface area contributed by atoms with Crippen molar-refractivity contribution in [3.05, 3.63) is 45.7 Å². The quantitative estimate of drug-likeness (QED) is 0.397. The van der Waals surface area contributed by atoms with Gasteiger partial charge in [0.15, 0.2) is 16.9 Å². The van der Waals surface area contributed by atoms with Gasteiger partial charge in [-0.15, -0.1) is 0 Å². The first kappa shape index (κ1) is 25.8. The summed E-state index contributed by atoms with van der Waals surface area (Å²) in [6.45, 7) is 9.20. The molecule has 2 aromatic rings. The van der Waals surface area contributed by atoms with Crippen LogP contribution in [-0.2, 0) is 11.2 Å². The van der Waals surface area contributed by atoms with Crippen molar-refractivity contribution in [1.82, 2.24) is 4.57 Å². The molecule has 1 aromatic heterocycles. The van der Waals surface area contributed by atoms with Gasteiger partial charge in [-0.05, 0) is 55.7 Å². The van der Waals surface area contributed by atoms with Crippen LogP contribution in [-0.4, -0.2) is 42.6 Å². The zero-order valence-corrected chi connectivity index (χ0v) is 21.0. The van der Waals surface area contributed by atoms with Gasteiger partial charge in [0.1, 0.15) is 5.56 Å². The van der Waals surface area contributed by atoms with E-state index in [2.05, 4.69) is 20.8 Å². The molecule has 0 fully saturated rings. The third-order valence-corrected chi connectivity index (χ3v) is 6.30. The van der Waals surface area contributed by atoms with Crippen LogP contribution >= 0.6 is 0 Å². The van der Waals surface area contributed by atoms with Crippen LogP contribution in [0.5, 0.6) is 11.5 Å². The maximum absolute atomic E-state index is 12.9. The lowest BCUT2D eigenvalue weighted by Gasteiger charge is -2.39. The smallest absolute Gasteiger partial charge is 0.343 e. The van der Waals surface area contributed by atoms with Gasteiger partial charge >= 0.3 is 5.97 Å². The van der Waals surface area contributed by atoms with Gasteiger partial charge in [0, 0.05) is 30.5 Å². The highest BCUT2D eigenvalue weighted by atomic mass is 16.5. The number of pyridine rings is 1. The molecular weight excluding hydrogens is 434 g/mol. The molecule has 1 aromatic carbocycles. The molecular formula is C27H37NO6. The number of aliphatic hydroxyl groups excluding tert-OH is 1. The Balaban J connectivity index is 2.01. The largest absolute Gasteiger partial charge is 0.493 e. The van der Waals surface area contributed by atoms with E-state index in [1.165, 1.54) is 6.07 Å². The Bertz CT molecular complexity index is 1070. The second-order valence-corrected chi connectivity index (χ2v) is 9.80. The van der Waals surface area contributed by atoms with Gasteiger partial charge in [0.25, 0.3) is 0 Å². The maximum Gasteiger partial charge on any atom is 0.343 e. The van der Waals surface area contributed by atoms with Crippen LogP contribution in [0.25, 0.3) is 11.3 Å². The van der Waals surface area contributed by atoms with Gasteiger partial charge in [-0.25, -0.2) is 4.79 Å². The Morgan fingerprint density at radius 1 is 1.12 bits per heavy atom. The first-order chi connectivity index (χ1) is 16.2. The maximum atomic E-state index is 12.9. The van der Waals surface area contributed by atoms with Crippen molar-refractivity contribution in [1.29, 1.82) is 0 Å². The lowest BCUT2D eigenvalue weighted by atomic mass is 9.78. The average Bonchev–Trinajstić information content (AvgIpc) is 2.79. The Morgan fingerprint density at radius 2 is 1.85 bits per heavy atom. The Labute approximate surface area is 201 Å². The minimum Gasteiger partial charge on any atom is -0.493 e. The number of unbranched alkanes of at least 4 members (excludes halogenated alkanes) is 3. The molecule has 0 radical (unpaired) electrons. The average molecular weight is 472 g/mol. The molecule has 0 bridgehead atoms. The second-order valence-electron chi connectivity index (χ2n) is 9.80. The minimum atomic E-state index is -0.596. The fourth-order valence-electron chi connectivity index (χ4n) is 4.45. The third kappa shape index (κ3) is 5.63. The summed E-state index contributed by atoms with van der Waals surface area (Å²) >= 11 is 0. The summed E-state index contributed by atoms with van der Waals surface area (Å²) in [6, 6.07) is 5.51. The Kier molecular flexibility index (Phi) is 8.42. The van der Waals surface area contributed by atoms with Crippen molar-refractivity contribution in [2.75, 3.05) is 26.9 Å². The molecule has 1 atom stereocenters. The van der Waals surface area contributed by atoms with Gasteiger partial charge in [-0.3, -0.25) is 4.79 Å². The van der Waals surface area contributed by atoms with Gasteiger partial charge in [-0.2, -0.15) is 0 Å². The predicted octanol–water partition coefficient (Wildman–Crippen LogP) is 4.78. The van der Waals surface area contributed by atoms with Crippen LogP contribution in [0.1, 0.15) is 75.3 Å². The van der Waals surface area contributed by atoms with Gasteiger partial charge in [0.2, 0.25) is 0 Å². The molecule has 7 nitrogen and oxygen atoms in total. The lowest BCUT2D eigenvalue weighted by molar-refractivity contribution is 0.0523. The summed E-state index contributed by atoms with van der Waals surface area (Å²) < 4.78 is 18.8. The fraction of sp³-hybridized carbons (Fsp3) is 0.556. The van der Waals surface area contributed by atoms with Crippen molar-refractivity contribution in [2.24, 2.45) is 5.41 Å². The van der Waals surface area contributed by atoms with Crippen LogP contribution in [0.3, 0.4) is 0 Å². The molecule has 0 aliphatic carbocycles. The standard InChI is InChI=1S/C27H37NO6/c1-6-33-26(31)20-17-28-21(16-22(20)30)19-15-23(32-5)24(34-12-10-8-7-9-11-29)13-18(19)14-25(28)27(2,3)4/h13,15-17,25,29H,6-12,14H2,1-5H3. The van der Waals surface area contributed by atoms with Gasteiger partial charge < -0.3 is 23.9 Å². The van der Waals surface area contributed by atoms with E-state index in [-0.39, 0.29) is 35.7 Å². The molecule has 7 heteroatoms. The van der Waals surface area contributed by atoms with E-state index >= 15 is 0 Å². The van der Waals surface area contributed by atoms with E-state index < -0.39 is 5.97 Å². The van der Waals surface area contributed by atoms with Gasteiger partial charge in [-0.1, -0.05) is 27.2 Å². The number of aromatic nitrogens is 1. The normalized spacial score (nSPS) is 14.8. The van der Waals surface area contributed by atoms with Crippen LogP contribution in [0, 0.1) is 5.41 Å². The third-order valence-electron chi connectivity index (χ3n) is 6.30. The molecule has 2 heterocycles. The summed E-state index contributed by atoms with van der Waals surface area (Å²) in [5.41, 5.74) is 2.32. The number of ether oxygens (including phenoxy) is 3. The lowest BCUT2D eigenvalue weighted by Crippen LogP contribution is -2.33. The van der Waals surface area contributed by atoms with E-state index in [9.17, 15) is 9.59 Å². The number of carbonyl (C=O) groups excluding carboxylic acids is 1.